The number of piperazine rings is 2. The Hall–Kier alpha value is -2.09. The van der Waals surface area contributed by atoms with Crippen LogP contribution in [0.4, 0.5) is 5.69 Å². The Morgan fingerprint density at radius 3 is 2.48 bits per heavy atom. The molecular weight excluding hydrogens is 390 g/mol. The van der Waals surface area contributed by atoms with Crippen molar-refractivity contribution in [1.29, 1.82) is 0 Å². The Balaban J connectivity index is 1.19. The topological polar surface area (TPSA) is 58.5 Å². The molecule has 1 aromatic carbocycles. The number of benzene rings is 1. The minimum absolute atomic E-state index is 0.285. The van der Waals surface area contributed by atoms with E-state index >= 15 is 0 Å². The number of hydrogen-bond donors (Lipinski definition) is 2. The molecule has 2 N–H and O–H groups in total. The Bertz CT molecular complexity index is 826. The average molecular weight is 420 g/mol. The Morgan fingerprint density at radius 1 is 1.10 bits per heavy atom. The number of quaternary nitrogens is 2. The second kappa shape index (κ2) is 9.15. The predicted octanol–water partition coefficient (Wildman–Crippen LogP) is -0.731. The fourth-order valence-corrected chi connectivity index (χ4v) is 4.45. The van der Waals surface area contributed by atoms with Gasteiger partial charge in [0.2, 0.25) is 0 Å². The molecule has 0 radical (unpaired) electrons. The maximum atomic E-state index is 12.8. The van der Waals surface area contributed by atoms with E-state index in [0.29, 0.717) is 6.54 Å². The number of nitrogens with zero attached hydrogens (tertiary/aromatic N) is 3. The molecule has 0 spiro atoms. The molecule has 2 aromatic rings. The van der Waals surface area contributed by atoms with Gasteiger partial charge in [0.25, 0.3) is 5.91 Å². The van der Waals surface area contributed by atoms with E-state index in [1.54, 1.807) is 0 Å². The third-order valence-electron chi connectivity index (χ3n) is 5.98. The lowest BCUT2D eigenvalue weighted by Gasteiger charge is -2.35. The predicted molar refractivity (Wildman–Crippen MR) is 111 cm³/mol. The van der Waals surface area contributed by atoms with Gasteiger partial charge in [-0.25, -0.2) is 0 Å². The molecule has 0 bridgehead atoms. The van der Waals surface area contributed by atoms with Gasteiger partial charge in [-0.05, 0) is 25.1 Å². The summed E-state index contributed by atoms with van der Waals surface area (Å²) in [5.41, 5.74) is 2.17. The fraction of sp³-hybridized carbons (Fsp3) is 0.524. The normalized spacial score (nSPS) is 19.0. The van der Waals surface area contributed by atoms with Crippen molar-refractivity contribution in [2.24, 2.45) is 0 Å². The molecule has 4 rings (SSSR count). The summed E-state index contributed by atoms with van der Waals surface area (Å²) in [6.07, 6.45) is 0. The van der Waals surface area contributed by atoms with Crippen molar-refractivity contribution in [1.82, 2.24) is 10.1 Å². The standard InChI is InChI=1S/C21H28ClN5O2/c1-17-13-19(23-29-17)15-24-7-11-27(12-8-24)21(28)16-25-5-9-26(10-6-25)20-4-2-3-18(22)14-20/h2-4,13-14H,5-12,15-16H2,1H3/p+2. The van der Waals surface area contributed by atoms with Crippen molar-refractivity contribution < 1.29 is 19.1 Å². The lowest BCUT2D eigenvalue weighted by molar-refractivity contribution is -0.918. The molecule has 3 heterocycles. The highest BCUT2D eigenvalue weighted by Crippen LogP contribution is 2.19. The third-order valence-corrected chi connectivity index (χ3v) is 6.21. The molecule has 2 aliphatic rings. The number of nitrogens with one attached hydrogen (secondary N) is 2. The minimum Gasteiger partial charge on any atom is -0.361 e. The molecule has 0 atom stereocenters. The Kier molecular flexibility index (Phi) is 6.37. The molecule has 7 nitrogen and oxygen atoms in total. The molecule has 2 fully saturated rings. The maximum absolute atomic E-state index is 12.8. The summed E-state index contributed by atoms with van der Waals surface area (Å²) in [5.74, 6) is 1.14. The van der Waals surface area contributed by atoms with Gasteiger partial charge in [0.05, 0.1) is 52.4 Å². The number of hydrogen-bond acceptors (Lipinski definition) is 4. The van der Waals surface area contributed by atoms with E-state index < -0.39 is 0 Å². The summed E-state index contributed by atoms with van der Waals surface area (Å²) in [6, 6.07) is 10.0. The summed E-state index contributed by atoms with van der Waals surface area (Å²) >= 11 is 6.11. The van der Waals surface area contributed by atoms with Crippen LogP contribution in [0, 0.1) is 6.92 Å². The highest BCUT2D eigenvalue weighted by Gasteiger charge is 2.28. The first-order valence-corrected chi connectivity index (χ1v) is 10.8. The first kappa shape index (κ1) is 20.2. The molecule has 8 heteroatoms. The monoisotopic (exact) mass is 419 g/mol. The van der Waals surface area contributed by atoms with Crippen LogP contribution < -0.4 is 14.7 Å². The molecule has 2 saturated heterocycles. The lowest BCUT2D eigenvalue weighted by atomic mass is 10.2. The zero-order chi connectivity index (χ0) is 20.2. The summed E-state index contributed by atoms with van der Waals surface area (Å²) in [6.45, 7) is 10.8. The van der Waals surface area contributed by atoms with E-state index in [4.69, 9.17) is 16.1 Å². The smallest absolute Gasteiger partial charge is 0.278 e. The lowest BCUT2D eigenvalue weighted by Crippen LogP contribution is -3.16. The fourth-order valence-electron chi connectivity index (χ4n) is 4.26. The van der Waals surface area contributed by atoms with E-state index in [1.807, 2.05) is 36.1 Å². The molecule has 29 heavy (non-hydrogen) atoms. The molecule has 0 unspecified atom stereocenters. The molecule has 0 aliphatic carbocycles. The Labute approximate surface area is 176 Å². The number of carbonyl (C=O) groups excluding carboxylic acids is 1. The molecule has 0 saturated carbocycles. The van der Waals surface area contributed by atoms with Gasteiger partial charge in [-0.2, -0.15) is 0 Å². The maximum Gasteiger partial charge on any atom is 0.278 e. The Morgan fingerprint density at radius 2 is 1.83 bits per heavy atom. The van der Waals surface area contributed by atoms with Gasteiger partial charge < -0.3 is 24.1 Å². The van der Waals surface area contributed by atoms with Gasteiger partial charge in [0.1, 0.15) is 18.0 Å². The van der Waals surface area contributed by atoms with Gasteiger partial charge in [-0.1, -0.05) is 22.8 Å². The van der Waals surface area contributed by atoms with Gasteiger partial charge in [-0.3, -0.25) is 4.79 Å². The number of aromatic nitrogens is 1. The van der Waals surface area contributed by atoms with Gasteiger partial charge in [0, 0.05) is 16.8 Å². The number of halogens is 1. The van der Waals surface area contributed by atoms with Crippen LogP contribution >= 0.6 is 11.6 Å². The number of carbonyl (C=O) groups is 1. The minimum atomic E-state index is 0.285. The van der Waals surface area contributed by atoms with Crippen molar-refractivity contribution in [2.45, 2.75) is 13.5 Å². The van der Waals surface area contributed by atoms with Crippen molar-refractivity contribution in [3.8, 4) is 0 Å². The first-order valence-electron chi connectivity index (χ1n) is 10.4. The first-order chi connectivity index (χ1) is 14.1. The number of rotatable bonds is 5. The van der Waals surface area contributed by atoms with Crippen LogP contribution in [-0.2, 0) is 11.3 Å². The van der Waals surface area contributed by atoms with Gasteiger partial charge in [0.15, 0.2) is 6.54 Å². The summed E-state index contributed by atoms with van der Waals surface area (Å²) in [5, 5.41) is 4.85. The zero-order valence-electron chi connectivity index (χ0n) is 17.0. The van der Waals surface area contributed by atoms with Gasteiger partial charge in [-0.15, -0.1) is 0 Å². The summed E-state index contributed by atoms with van der Waals surface area (Å²) < 4.78 is 5.15. The highest BCUT2D eigenvalue weighted by atomic mass is 35.5. The van der Waals surface area contributed by atoms with Crippen LogP contribution in [0.15, 0.2) is 34.9 Å². The molecule has 1 aromatic heterocycles. The van der Waals surface area contributed by atoms with Crippen molar-refractivity contribution in [2.75, 3.05) is 63.8 Å². The van der Waals surface area contributed by atoms with E-state index in [-0.39, 0.29) is 5.91 Å². The van der Waals surface area contributed by atoms with E-state index in [0.717, 1.165) is 75.4 Å². The number of amides is 1. The van der Waals surface area contributed by atoms with Crippen LogP contribution in [0.2, 0.25) is 5.02 Å². The van der Waals surface area contributed by atoms with Crippen molar-refractivity contribution in [3.05, 3.63) is 46.8 Å². The van der Waals surface area contributed by atoms with Crippen LogP contribution in [-0.4, -0.2) is 74.9 Å². The van der Waals surface area contributed by atoms with E-state index in [1.165, 1.54) is 15.5 Å². The number of anilines is 1. The molecule has 156 valence electrons. The second-order valence-corrected chi connectivity index (χ2v) is 8.57. The van der Waals surface area contributed by atoms with Crippen LogP contribution in [0.25, 0.3) is 0 Å². The van der Waals surface area contributed by atoms with E-state index in [9.17, 15) is 4.79 Å². The second-order valence-electron chi connectivity index (χ2n) is 8.13. The SMILES string of the molecule is Cc1cc(C[NH+]2CCN(C(=O)C[NH+]3CCN(c4cccc(Cl)c4)CC3)CC2)no1. The molecule has 2 aliphatic heterocycles. The van der Waals surface area contributed by atoms with Crippen LogP contribution in [0.5, 0.6) is 0 Å². The third kappa shape index (κ3) is 5.29. The summed E-state index contributed by atoms with van der Waals surface area (Å²) in [7, 11) is 0. The molecule has 1 amide bonds. The largest absolute Gasteiger partial charge is 0.361 e. The average Bonchev–Trinajstić information content (AvgIpc) is 3.13. The van der Waals surface area contributed by atoms with Crippen LogP contribution in [0.1, 0.15) is 11.5 Å². The zero-order valence-corrected chi connectivity index (χ0v) is 17.7. The van der Waals surface area contributed by atoms with E-state index in [2.05, 4.69) is 16.1 Å². The quantitative estimate of drug-likeness (QED) is 0.671. The van der Waals surface area contributed by atoms with Crippen LogP contribution in [0.3, 0.4) is 0 Å². The summed E-state index contributed by atoms with van der Waals surface area (Å²) in [4.78, 5) is 20.0. The number of aryl methyl sites for hydroxylation is 1. The highest BCUT2D eigenvalue weighted by molar-refractivity contribution is 6.30. The van der Waals surface area contributed by atoms with Crippen molar-refractivity contribution >= 4 is 23.2 Å². The van der Waals surface area contributed by atoms with Crippen molar-refractivity contribution in [3.63, 3.8) is 0 Å². The molecular formula is C21H30ClN5O2+2. The van der Waals surface area contributed by atoms with Gasteiger partial charge >= 0.3 is 0 Å².